The van der Waals surface area contributed by atoms with Crippen molar-refractivity contribution in [3.8, 4) is 0 Å². The molecule has 1 aliphatic rings. The lowest BCUT2D eigenvalue weighted by Crippen LogP contribution is -2.44. The molecular formula is C21H34N2O6SSi. The van der Waals surface area contributed by atoms with E-state index in [4.69, 9.17) is 14.3 Å². The van der Waals surface area contributed by atoms with Crippen molar-refractivity contribution < 1.29 is 24.0 Å². The number of nitro benzene ring substituents is 1. The van der Waals surface area contributed by atoms with Gasteiger partial charge in [0.05, 0.1) is 17.6 Å². The van der Waals surface area contributed by atoms with Gasteiger partial charge < -0.3 is 19.2 Å². The van der Waals surface area contributed by atoms with Crippen molar-refractivity contribution in [1.82, 2.24) is 4.90 Å². The third-order valence-corrected chi connectivity index (χ3v) is 11.6. The second kappa shape index (κ2) is 10.8. The second-order valence-electron chi connectivity index (χ2n) is 9.32. The lowest BCUT2D eigenvalue weighted by molar-refractivity contribution is -0.384. The lowest BCUT2D eigenvalue weighted by Gasteiger charge is -2.38. The fourth-order valence-electron chi connectivity index (χ4n) is 3.16. The van der Waals surface area contributed by atoms with Crippen LogP contribution < -0.4 is 0 Å². The van der Waals surface area contributed by atoms with Gasteiger partial charge in [-0.05, 0) is 42.2 Å². The van der Waals surface area contributed by atoms with Gasteiger partial charge in [-0.2, -0.15) is 11.8 Å². The van der Waals surface area contributed by atoms with E-state index >= 15 is 0 Å². The topological polar surface area (TPSA) is 102 Å². The molecule has 1 N–H and O–H groups in total. The zero-order valence-corrected chi connectivity index (χ0v) is 20.8. The highest BCUT2D eigenvalue weighted by atomic mass is 32.2. The van der Waals surface area contributed by atoms with Crippen LogP contribution in [0.2, 0.25) is 18.1 Å². The Morgan fingerprint density at radius 3 is 2.52 bits per heavy atom. The highest BCUT2D eigenvalue weighted by molar-refractivity contribution is 7.99. The van der Waals surface area contributed by atoms with Crippen LogP contribution in [0.15, 0.2) is 24.3 Å². The number of likely N-dealkylation sites (tertiary alicyclic amines) is 1. The summed E-state index contributed by atoms with van der Waals surface area (Å²) in [4.78, 5) is 24.9. The van der Waals surface area contributed by atoms with Gasteiger partial charge in [-0.15, -0.1) is 0 Å². The Hall–Kier alpha value is -1.62. The largest absolute Gasteiger partial charge is 0.445 e. The Balaban J connectivity index is 2.01. The summed E-state index contributed by atoms with van der Waals surface area (Å²) in [5.41, 5.74) is 0.694. The highest BCUT2D eigenvalue weighted by Gasteiger charge is 2.43. The van der Waals surface area contributed by atoms with Crippen LogP contribution >= 0.6 is 11.8 Å². The molecule has 2 atom stereocenters. The minimum atomic E-state index is -1.97. The molecule has 2 rings (SSSR count). The fraction of sp³-hybridized carbons (Fsp3) is 0.667. The Labute approximate surface area is 189 Å². The third-order valence-electron chi connectivity index (χ3n) is 5.93. The fourth-order valence-corrected chi connectivity index (χ4v) is 5.40. The van der Waals surface area contributed by atoms with Crippen LogP contribution in [-0.4, -0.2) is 66.1 Å². The van der Waals surface area contributed by atoms with Gasteiger partial charge >= 0.3 is 6.09 Å². The van der Waals surface area contributed by atoms with Gasteiger partial charge in [0.1, 0.15) is 6.61 Å². The minimum absolute atomic E-state index is 0.00112. The molecule has 0 aliphatic carbocycles. The molecule has 1 amide bonds. The van der Waals surface area contributed by atoms with E-state index in [9.17, 15) is 14.9 Å². The SMILES string of the molecule is CC(C)(C)[Si](C)(C)O[C@@H]1C[C@@H](CSCCO)N(C(=O)OCc2ccc([N+](=O)[O-])cc2)C1. The van der Waals surface area contributed by atoms with Crippen LogP contribution in [0.3, 0.4) is 0 Å². The maximum absolute atomic E-state index is 12.8. The molecule has 0 unspecified atom stereocenters. The molecule has 0 saturated carbocycles. The first-order chi connectivity index (χ1) is 14.4. The minimum Gasteiger partial charge on any atom is -0.445 e. The smallest absolute Gasteiger partial charge is 0.410 e. The van der Waals surface area contributed by atoms with Crippen LogP contribution in [-0.2, 0) is 15.8 Å². The van der Waals surface area contributed by atoms with E-state index in [0.717, 1.165) is 6.42 Å². The monoisotopic (exact) mass is 470 g/mol. The molecule has 1 aromatic rings. The predicted molar refractivity (Wildman–Crippen MR) is 125 cm³/mol. The highest BCUT2D eigenvalue weighted by Crippen LogP contribution is 2.39. The molecule has 0 spiro atoms. The number of aliphatic hydroxyl groups is 1. The number of benzene rings is 1. The van der Waals surface area contributed by atoms with Crippen LogP contribution in [0.1, 0.15) is 32.8 Å². The number of carbonyl (C=O) groups excluding carboxylic acids is 1. The van der Waals surface area contributed by atoms with Gasteiger partial charge in [0.25, 0.3) is 5.69 Å². The molecular weight excluding hydrogens is 436 g/mol. The lowest BCUT2D eigenvalue weighted by atomic mass is 10.2. The standard InChI is InChI=1S/C21H34N2O6SSi/c1-21(2,3)31(4,5)29-19-12-18(15-30-11-10-24)22(13-19)20(25)28-14-16-6-8-17(9-7-16)23(26)27/h6-9,18-19,24H,10-15H2,1-5H3/t18-,19+/m0/s1. The van der Waals surface area contributed by atoms with E-state index in [2.05, 4.69) is 33.9 Å². The summed E-state index contributed by atoms with van der Waals surface area (Å²) in [6.45, 7) is 11.6. The van der Waals surface area contributed by atoms with E-state index in [1.54, 1.807) is 28.8 Å². The van der Waals surface area contributed by atoms with E-state index in [1.807, 2.05) is 0 Å². The van der Waals surface area contributed by atoms with Crippen LogP contribution in [0, 0.1) is 10.1 Å². The zero-order valence-electron chi connectivity index (χ0n) is 19.0. The number of hydrogen-bond donors (Lipinski definition) is 1. The van der Waals surface area contributed by atoms with Gasteiger partial charge in [0.15, 0.2) is 8.32 Å². The normalized spacial score (nSPS) is 19.5. The summed E-state index contributed by atoms with van der Waals surface area (Å²) >= 11 is 1.61. The predicted octanol–water partition coefficient (Wildman–Crippen LogP) is 4.42. The maximum atomic E-state index is 12.8. The number of ether oxygens (including phenoxy) is 1. The first-order valence-electron chi connectivity index (χ1n) is 10.5. The number of amides is 1. The van der Waals surface area contributed by atoms with Crippen molar-refractivity contribution in [2.45, 2.75) is 64.1 Å². The average Bonchev–Trinajstić information content (AvgIpc) is 3.07. The maximum Gasteiger partial charge on any atom is 0.410 e. The molecule has 1 heterocycles. The number of nitrogens with zero attached hydrogens (tertiary/aromatic N) is 2. The molecule has 10 heteroatoms. The molecule has 1 aliphatic heterocycles. The number of thioether (sulfide) groups is 1. The summed E-state index contributed by atoms with van der Waals surface area (Å²) in [7, 11) is -1.97. The summed E-state index contributed by atoms with van der Waals surface area (Å²) in [5, 5.41) is 19.9. The molecule has 31 heavy (non-hydrogen) atoms. The molecule has 1 fully saturated rings. The van der Waals surface area contributed by atoms with Crippen molar-refractivity contribution in [3.05, 3.63) is 39.9 Å². The van der Waals surface area contributed by atoms with Crippen LogP contribution in [0.4, 0.5) is 10.5 Å². The van der Waals surface area contributed by atoms with Crippen molar-refractivity contribution in [1.29, 1.82) is 0 Å². The summed E-state index contributed by atoms with van der Waals surface area (Å²) in [6, 6.07) is 5.96. The molecule has 1 saturated heterocycles. The van der Waals surface area contributed by atoms with Gasteiger partial charge in [-0.1, -0.05) is 20.8 Å². The first-order valence-corrected chi connectivity index (χ1v) is 14.5. The zero-order chi connectivity index (χ0) is 23.2. The summed E-state index contributed by atoms with van der Waals surface area (Å²) in [6.07, 6.45) is 0.305. The second-order valence-corrected chi connectivity index (χ2v) is 15.2. The molecule has 1 aromatic carbocycles. The van der Waals surface area contributed by atoms with Gasteiger partial charge in [0.2, 0.25) is 0 Å². The molecule has 0 aromatic heterocycles. The van der Waals surface area contributed by atoms with E-state index < -0.39 is 19.3 Å². The van der Waals surface area contributed by atoms with Crippen molar-refractivity contribution in [2.75, 3.05) is 24.7 Å². The Kier molecular flexibility index (Phi) is 8.93. The number of non-ortho nitro benzene ring substituents is 1. The summed E-state index contributed by atoms with van der Waals surface area (Å²) in [5.74, 6) is 1.33. The Bertz CT molecular complexity index is 753. The number of nitro groups is 1. The van der Waals surface area contributed by atoms with E-state index in [1.165, 1.54) is 12.1 Å². The average molecular weight is 471 g/mol. The van der Waals surface area contributed by atoms with Crippen molar-refractivity contribution in [3.63, 3.8) is 0 Å². The van der Waals surface area contributed by atoms with E-state index in [0.29, 0.717) is 23.6 Å². The van der Waals surface area contributed by atoms with Crippen molar-refractivity contribution in [2.24, 2.45) is 0 Å². The Morgan fingerprint density at radius 2 is 1.97 bits per heavy atom. The Morgan fingerprint density at radius 1 is 1.32 bits per heavy atom. The number of rotatable bonds is 9. The van der Waals surface area contributed by atoms with Crippen molar-refractivity contribution >= 4 is 31.9 Å². The summed E-state index contributed by atoms with van der Waals surface area (Å²) < 4.78 is 12.1. The molecule has 0 bridgehead atoms. The molecule has 0 radical (unpaired) electrons. The van der Waals surface area contributed by atoms with E-state index in [-0.39, 0.29) is 36.1 Å². The van der Waals surface area contributed by atoms with Crippen LogP contribution in [0.5, 0.6) is 0 Å². The molecule has 8 nitrogen and oxygen atoms in total. The first kappa shape index (κ1) is 25.6. The van der Waals surface area contributed by atoms with Crippen LogP contribution in [0.25, 0.3) is 0 Å². The number of aliphatic hydroxyl groups excluding tert-OH is 1. The number of hydrogen-bond acceptors (Lipinski definition) is 7. The van der Waals surface area contributed by atoms with Gasteiger partial charge in [-0.3, -0.25) is 10.1 Å². The quantitative estimate of drug-likeness (QED) is 0.247. The molecule has 174 valence electrons. The van der Waals surface area contributed by atoms with Gasteiger partial charge in [0, 0.05) is 36.2 Å². The third kappa shape index (κ3) is 7.20. The van der Waals surface area contributed by atoms with Gasteiger partial charge in [-0.25, -0.2) is 4.79 Å². The number of carbonyl (C=O) groups is 1.